The molecule has 0 saturated carbocycles. The zero-order chi connectivity index (χ0) is 13.6. The molecule has 0 radical (unpaired) electrons. The molecule has 0 aromatic heterocycles. The highest BCUT2D eigenvalue weighted by Gasteiger charge is 2.40. The monoisotopic (exact) mass is 271 g/mol. The quantitative estimate of drug-likeness (QED) is 0.582. The molecule has 0 amide bonds. The molecule has 2 unspecified atom stereocenters. The molecule has 110 valence electrons. The van der Waals surface area contributed by atoms with Crippen LogP contribution >= 0.6 is 0 Å². The third-order valence-electron chi connectivity index (χ3n) is 3.86. The summed E-state index contributed by atoms with van der Waals surface area (Å²) in [5, 5.41) is 3.53. The lowest BCUT2D eigenvalue weighted by Crippen LogP contribution is -2.47. The van der Waals surface area contributed by atoms with E-state index in [4.69, 9.17) is 14.2 Å². The fourth-order valence-corrected chi connectivity index (χ4v) is 2.84. The van der Waals surface area contributed by atoms with Crippen LogP contribution in [0.5, 0.6) is 0 Å². The molecule has 2 fully saturated rings. The second kappa shape index (κ2) is 7.22. The second-order valence-corrected chi connectivity index (χ2v) is 5.39. The van der Waals surface area contributed by atoms with Gasteiger partial charge in [0.1, 0.15) is 0 Å². The first-order valence-corrected chi connectivity index (χ1v) is 7.35. The summed E-state index contributed by atoms with van der Waals surface area (Å²) in [7, 11) is 0. The van der Waals surface area contributed by atoms with Gasteiger partial charge in [-0.1, -0.05) is 0 Å². The molecule has 1 N–H and O–H groups in total. The molecule has 2 saturated heterocycles. The SMILES string of the molecule is CCOC(=O)CCCNC1CCOC2(CCOC2)C1. The summed E-state index contributed by atoms with van der Waals surface area (Å²) in [6.45, 7) is 5.51. The normalized spacial score (nSPS) is 30.7. The summed E-state index contributed by atoms with van der Waals surface area (Å²) in [5.41, 5.74) is -0.0446. The van der Waals surface area contributed by atoms with E-state index in [2.05, 4.69) is 5.32 Å². The number of rotatable bonds is 6. The first kappa shape index (κ1) is 14.8. The van der Waals surface area contributed by atoms with Gasteiger partial charge < -0.3 is 19.5 Å². The summed E-state index contributed by atoms with van der Waals surface area (Å²) in [6.07, 6.45) is 4.40. The Hall–Kier alpha value is -0.650. The predicted octanol–water partition coefficient (Wildman–Crippen LogP) is 1.26. The number of nitrogens with one attached hydrogen (secondary N) is 1. The molecule has 0 aliphatic carbocycles. The number of carbonyl (C=O) groups excluding carboxylic acids is 1. The number of carbonyl (C=O) groups is 1. The van der Waals surface area contributed by atoms with Crippen molar-refractivity contribution in [2.75, 3.05) is 33.0 Å². The van der Waals surface area contributed by atoms with E-state index in [0.717, 1.165) is 52.0 Å². The van der Waals surface area contributed by atoms with Crippen molar-refractivity contribution in [2.45, 2.75) is 50.7 Å². The van der Waals surface area contributed by atoms with Gasteiger partial charge in [-0.15, -0.1) is 0 Å². The van der Waals surface area contributed by atoms with Crippen molar-refractivity contribution in [1.29, 1.82) is 0 Å². The average molecular weight is 271 g/mol. The Balaban J connectivity index is 1.62. The van der Waals surface area contributed by atoms with Gasteiger partial charge in [0.05, 0.1) is 18.8 Å². The third kappa shape index (κ3) is 4.44. The maximum Gasteiger partial charge on any atom is 0.305 e. The van der Waals surface area contributed by atoms with Crippen LogP contribution in [0.25, 0.3) is 0 Å². The number of hydrogen-bond acceptors (Lipinski definition) is 5. The lowest BCUT2D eigenvalue weighted by atomic mass is 9.89. The first-order chi connectivity index (χ1) is 9.24. The maximum absolute atomic E-state index is 11.2. The number of ether oxygens (including phenoxy) is 3. The molecule has 1 spiro atoms. The Kier molecular flexibility index (Phi) is 5.60. The minimum atomic E-state index is -0.100. The molecule has 0 aromatic carbocycles. The van der Waals surface area contributed by atoms with Crippen LogP contribution in [0.3, 0.4) is 0 Å². The average Bonchev–Trinajstić information content (AvgIpc) is 2.83. The van der Waals surface area contributed by atoms with Crippen LogP contribution in [0.2, 0.25) is 0 Å². The van der Waals surface area contributed by atoms with E-state index in [1.54, 1.807) is 0 Å². The predicted molar refractivity (Wildman–Crippen MR) is 71.0 cm³/mol. The molecule has 5 heteroatoms. The van der Waals surface area contributed by atoms with Crippen LogP contribution in [0.1, 0.15) is 39.0 Å². The molecule has 2 atom stereocenters. The van der Waals surface area contributed by atoms with E-state index in [-0.39, 0.29) is 11.6 Å². The van der Waals surface area contributed by atoms with Gasteiger partial charge in [0, 0.05) is 32.1 Å². The Morgan fingerprint density at radius 1 is 1.47 bits per heavy atom. The second-order valence-electron chi connectivity index (χ2n) is 5.39. The van der Waals surface area contributed by atoms with Gasteiger partial charge in [0.25, 0.3) is 0 Å². The van der Waals surface area contributed by atoms with Crippen molar-refractivity contribution >= 4 is 5.97 Å². The van der Waals surface area contributed by atoms with Crippen LogP contribution in [-0.2, 0) is 19.0 Å². The molecule has 2 rings (SSSR count). The van der Waals surface area contributed by atoms with Crippen LogP contribution < -0.4 is 5.32 Å². The highest BCUT2D eigenvalue weighted by atomic mass is 16.6. The van der Waals surface area contributed by atoms with E-state index in [9.17, 15) is 4.79 Å². The molecule has 0 bridgehead atoms. The Morgan fingerprint density at radius 2 is 2.37 bits per heavy atom. The van der Waals surface area contributed by atoms with E-state index >= 15 is 0 Å². The lowest BCUT2D eigenvalue weighted by Gasteiger charge is -2.37. The summed E-state index contributed by atoms with van der Waals surface area (Å²) in [6, 6.07) is 0.484. The molecule has 19 heavy (non-hydrogen) atoms. The molecular weight excluding hydrogens is 246 g/mol. The largest absolute Gasteiger partial charge is 0.466 e. The van der Waals surface area contributed by atoms with Crippen molar-refractivity contribution in [3.05, 3.63) is 0 Å². The summed E-state index contributed by atoms with van der Waals surface area (Å²) >= 11 is 0. The minimum absolute atomic E-state index is 0.0446. The highest BCUT2D eigenvalue weighted by Crippen LogP contribution is 2.32. The zero-order valence-corrected chi connectivity index (χ0v) is 11.8. The topological polar surface area (TPSA) is 56.8 Å². The van der Waals surface area contributed by atoms with Gasteiger partial charge in [-0.25, -0.2) is 0 Å². The molecule has 2 aliphatic heterocycles. The Morgan fingerprint density at radius 3 is 3.11 bits per heavy atom. The molecule has 5 nitrogen and oxygen atoms in total. The van der Waals surface area contributed by atoms with Crippen LogP contribution in [0.15, 0.2) is 0 Å². The van der Waals surface area contributed by atoms with Crippen molar-refractivity contribution in [1.82, 2.24) is 5.32 Å². The minimum Gasteiger partial charge on any atom is -0.466 e. The Bertz CT molecular complexity index is 289. The molecule has 2 aliphatic rings. The summed E-state index contributed by atoms with van der Waals surface area (Å²) in [5.74, 6) is -0.100. The lowest BCUT2D eigenvalue weighted by molar-refractivity contribution is -0.143. The Labute approximate surface area is 115 Å². The van der Waals surface area contributed by atoms with Gasteiger partial charge in [0.2, 0.25) is 0 Å². The van der Waals surface area contributed by atoms with Crippen LogP contribution in [-0.4, -0.2) is 50.6 Å². The van der Waals surface area contributed by atoms with Crippen molar-refractivity contribution in [3.8, 4) is 0 Å². The van der Waals surface area contributed by atoms with Gasteiger partial charge >= 0.3 is 5.97 Å². The fourth-order valence-electron chi connectivity index (χ4n) is 2.84. The van der Waals surface area contributed by atoms with Gasteiger partial charge in [-0.2, -0.15) is 0 Å². The zero-order valence-electron chi connectivity index (χ0n) is 11.8. The fraction of sp³-hybridized carbons (Fsp3) is 0.929. The van der Waals surface area contributed by atoms with Crippen LogP contribution in [0, 0.1) is 0 Å². The number of hydrogen-bond donors (Lipinski definition) is 1. The molecular formula is C14H25NO4. The molecule has 2 heterocycles. The van der Waals surface area contributed by atoms with Crippen molar-refractivity contribution in [3.63, 3.8) is 0 Å². The van der Waals surface area contributed by atoms with Gasteiger partial charge in [-0.05, 0) is 32.7 Å². The van der Waals surface area contributed by atoms with E-state index in [1.165, 1.54) is 0 Å². The summed E-state index contributed by atoms with van der Waals surface area (Å²) in [4.78, 5) is 11.2. The first-order valence-electron chi connectivity index (χ1n) is 7.35. The summed E-state index contributed by atoms with van der Waals surface area (Å²) < 4.78 is 16.3. The maximum atomic E-state index is 11.2. The van der Waals surface area contributed by atoms with E-state index < -0.39 is 0 Å². The van der Waals surface area contributed by atoms with Crippen molar-refractivity contribution < 1.29 is 19.0 Å². The van der Waals surface area contributed by atoms with Crippen LogP contribution in [0.4, 0.5) is 0 Å². The van der Waals surface area contributed by atoms with Gasteiger partial charge in [-0.3, -0.25) is 4.79 Å². The molecule has 0 aromatic rings. The number of esters is 1. The van der Waals surface area contributed by atoms with E-state index in [0.29, 0.717) is 19.1 Å². The van der Waals surface area contributed by atoms with E-state index in [1.807, 2.05) is 6.92 Å². The highest BCUT2D eigenvalue weighted by molar-refractivity contribution is 5.69. The standard InChI is InChI=1S/C14H25NO4/c1-2-18-13(16)4-3-7-15-12-5-8-19-14(10-12)6-9-17-11-14/h12,15H,2-11H2,1H3. The van der Waals surface area contributed by atoms with Gasteiger partial charge in [0.15, 0.2) is 0 Å². The third-order valence-corrected chi connectivity index (χ3v) is 3.86. The van der Waals surface area contributed by atoms with Crippen molar-refractivity contribution in [2.24, 2.45) is 0 Å². The smallest absolute Gasteiger partial charge is 0.305 e.